The van der Waals surface area contributed by atoms with Crippen molar-refractivity contribution in [3.63, 3.8) is 0 Å². The maximum Gasteiger partial charge on any atom is 0.324 e. The van der Waals surface area contributed by atoms with Crippen LogP contribution in [-0.4, -0.2) is 37.4 Å². The standard InChI is InChI=1S/C31H30FN9O2/c1-17(2)25-14-27(41(39-25)22-9-6-19(15-33)7-10-22)37-31(43)36-26-13-20(8-11-24(26)32)23-12-21-16-35-30(34-5)38-28(21)40(18(3)4)29(23)42/h6-14,16-18H,1-5H3,(H,34,35,38)(H2,36,37,43). The first-order chi connectivity index (χ1) is 20.6. The molecule has 0 bridgehead atoms. The Labute approximate surface area is 247 Å². The number of fused-ring (bicyclic) bond motifs is 1. The number of hydrogen-bond acceptors (Lipinski definition) is 7. The smallest absolute Gasteiger partial charge is 0.324 e. The summed E-state index contributed by atoms with van der Waals surface area (Å²) < 4.78 is 18.1. The maximum absolute atomic E-state index is 15.0. The van der Waals surface area contributed by atoms with Crippen molar-refractivity contribution in [2.24, 2.45) is 0 Å². The molecular weight excluding hydrogens is 549 g/mol. The van der Waals surface area contributed by atoms with E-state index in [2.05, 4.69) is 37.1 Å². The molecule has 0 aliphatic carbocycles. The Morgan fingerprint density at radius 2 is 1.77 bits per heavy atom. The summed E-state index contributed by atoms with van der Waals surface area (Å²) in [6, 6.07) is 15.4. The first-order valence-electron chi connectivity index (χ1n) is 13.7. The van der Waals surface area contributed by atoms with Gasteiger partial charge in [-0.15, -0.1) is 0 Å². The fourth-order valence-electron chi connectivity index (χ4n) is 4.63. The molecule has 0 spiro atoms. The van der Waals surface area contributed by atoms with Gasteiger partial charge >= 0.3 is 6.03 Å². The van der Waals surface area contributed by atoms with E-state index in [-0.39, 0.29) is 23.2 Å². The van der Waals surface area contributed by atoms with Crippen molar-refractivity contribution in [2.75, 3.05) is 23.0 Å². The number of anilines is 3. The maximum atomic E-state index is 15.0. The molecule has 0 radical (unpaired) electrons. The summed E-state index contributed by atoms with van der Waals surface area (Å²) in [7, 11) is 1.70. The third-order valence-electron chi connectivity index (χ3n) is 6.84. The Hall–Kier alpha value is -5.57. The van der Waals surface area contributed by atoms with E-state index in [0.717, 1.165) is 5.69 Å². The number of rotatable bonds is 7. The highest BCUT2D eigenvalue weighted by Gasteiger charge is 2.19. The summed E-state index contributed by atoms with van der Waals surface area (Å²) in [4.78, 5) is 35.5. The number of amides is 2. The average molecular weight is 580 g/mol. The third-order valence-corrected chi connectivity index (χ3v) is 6.84. The first kappa shape index (κ1) is 28.9. The second kappa shape index (κ2) is 11.7. The Morgan fingerprint density at radius 1 is 1.02 bits per heavy atom. The van der Waals surface area contributed by atoms with E-state index in [1.54, 1.807) is 58.9 Å². The van der Waals surface area contributed by atoms with E-state index in [1.807, 2.05) is 27.7 Å². The summed E-state index contributed by atoms with van der Waals surface area (Å²) in [5.74, 6) is 0.144. The van der Waals surface area contributed by atoms with Gasteiger partial charge in [0.25, 0.3) is 5.56 Å². The molecule has 12 heteroatoms. The molecule has 2 aromatic carbocycles. The molecule has 0 fully saturated rings. The highest BCUT2D eigenvalue weighted by molar-refractivity contribution is 6.00. The molecule has 0 unspecified atom stereocenters. The number of carbonyl (C=O) groups excluding carboxylic acids is 1. The molecule has 2 amide bonds. The van der Waals surface area contributed by atoms with Crippen molar-refractivity contribution in [3.05, 3.63) is 88.2 Å². The highest BCUT2D eigenvalue weighted by Crippen LogP contribution is 2.27. The number of nitrogens with zero attached hydrogens (tertiary/aromatic N) is 6. The number of hydrogen-bond donors (Lipinski definition) is 3. The van der Waals surface area contributed by atoms with Crippen LogP contribution in [0, 0.1) is 17.1 Å². The zero-order valence-electron chi connectivity index (χ0n) is 24.3. The minimum absolute atomic E-state index is 0.0735. The van der Waals surface area contributed by atoms with E-state index in [9.17, 15) is 14.0 Å². The molecule has 0 aliphatic rings. The number of nitrogens with one attached hydrogen (secondary N) is 3. The molecule has 5 rings (SSSR count). The van der Waals surface area contributed by atoms with Crippen LogP contribution in [-0.2, 0) is 0 Å². The zero-order chi connectivity index (χ0) is 30.8. The average Bonchev–Trinajstić information content (AvgIpc) is 3.41. The van der Waals surface area contributed by atoms with Gasteiger partial charge in [-0.2, -0.15) is 15.3 Å². The Balaban J connectivity index is 1.48. The van der Waals surface area contributed by atoms with E-state index in [4.69, 9.17) is 5.26 Å². The monoisotopic (exact) mass is 579 g/mol. The summed E-state index contributed by atoms with van der Waals surface area (Å²) in [6.07, 6.45) is 1.62. The molecule has 0 atom stereocenters. The molecule has 0 aliphatic heterocycles. The number of urea groups is 1. The second-order valence-electron chi connectivity index (χ2n) is 10.5. The lowest BCUT2D eigenvalue weighted by Gasteiger charge is -2.16. The van der Waals surface area contributed by atoms with Crippen LogP contribution in [0.15, 0.2) is 65.6 Å². The van der Waals surface area contributed by atoms with Crippen molar-refractivity contribution in [1.82, 2.24) is 24.3 Å². The van der Waals surface area contributed by atoms with Crippen molar-refractivity contribution < 1.29 is 9.18 Å². The fraction of sp³-hybridized carbons (Fsp3) is 0.226. The van der Waals surface area contributed by atoms with Gasteiger partial charge in [-0.1, -0.05) is 19.9 Å². The van der Waals surface area contributed by atoms with Crippen LogP contribution in [0.5, 0.6) is 0 Å². The molecule has 3 aromatic heterocycles. The quantitative estimate of drug-likeness (QED) is 0.213. The molecular formula is C31H30FN9O2. The summed E-state index contributed by atoms with van der Waals surface area (Å²) in [5.41, 5.74) is 2.64. The molecule has 3 heterocycles. The second-order valence-corrected chi connectivity index (χ2v) is 10.5. The molecule has 11 nitrogen and oxygen atoms in total. The summed E-state index contributed by atoms with van der Waals surface area (Å²) >= 11 is 0. The fourth-order valence-corrected chi connectivity index (χ4v) is 4.63. The van der Waals surface area contributed by atoms with Crippen molar-refractivity contribution in [3.8, 4) is 22.9 Å². The van der Waals surface area contributed by atoms with Crippen molar-refractivity contribution >= 4 is 34.5 Å². The predicted octanol–water partition coefficient (Wildman–Crippen LogP) is 6.04. The lowest BCUT2D eigenvalue weighted by Crippen LogP contribution is -2.25. The minimum atomic E-state index is -0.702. The van der Waals surface area contributed by atoms with Crippen LogP contribution in [0.25, 0.3) is 27.8 Å². The van der Waals surface area contributed by atoms with Gasteiger partial charge in [0.2, 0.25) is 5.95 Å². The number of aromatic nitrogens is 5. The Morgan fingerprint density at radius 3 is 2.42 bits per heavy atom. The molecule has 0 saturated carbocycles. The normalized spacial score (nSPS) is 11.1. The minimum Gasteiger partial charge on any atom is -0.357 e. The van der Waals surface area contributed by atoms with Crippen LogP contribution in [0.2, 0.25) is 0 Å². The summed E-state index contributed by atoms with van der Waals surface area (Å²) in [6.45, 7) is 7.70. The largest absolute Gasteiger partial charge is 0.357 e. The number of halogens is 1. The number of pyridine rings is 1. The van der Waals surface area contributed by atoms with Gasteiger partial charge in [-0.05, 0) is 67.8 Å². The van der Waals surface area contributed by atoms with Crippen LogP contribution in [0.4, 0.5) is 26.6 Å². The number of nitriles is 1. The lowest BCUT2D eigenvalue weighted by atomic mass is 10.0. The number of carbonyl (C=O) groups is 1. The third kappa shape index (κ3) is 5.78. The predicted molar refractivity (Wildman–Crippen MR) is 164 cm³/mol. The number of benzene rings is 2. The molecule has 5 aromatic rings. The zero-order valence-corrected chi connectivity index (χ0v) is 24.3. The highest BCUT2D eigenvalue weighted by atomic mass is 19.1. The van der Waals surface area contributed by atoms with Crippen molar-refractivity contribution in [2.45, 2.75) is 39.7 Å². The van der Waals surface area contributed by atoms with Gasteiger partial charge in [0, 0.05) is 36.3 Å². The molecule has 218 valence electrons. The van der Waals surface area contributed by atoms with Gasteiger partial charge < -0.3 is 10.6 Å². The SMILES string of the molecule is CNc1ncc2cc(-c3ccc(F)c(NC(=O)Nc4cc(C(C)C)nn4-c4ccc(C#N)cc4)c3)c(=O)n(C(C)C)c2n1. The van der Waals surface area contributed by atoms with Gasteiger partial charge in [-0.3, -0.25) is 14.7 Å². The van der Waals surface area contributed by atoms with Gasteiger partial charge in [-0.25, -0.2) is 18.9 Å². The molecule has 3 N–H and O–H groups in total. The van der Waals surface area contributed by atoms with Crippen LogP contribution in [0.3, 0.4) is 0 Å². The van der Waals surface area contributed by atoms with E-state index in [1.165, 1.54) is 18.2 Å². The van der Waals surface area contributed by atoms with Gasteiger partial charge in [0.1, 0.15) is 17.3 Å². The first-order valence-corrected chi connectivity index (χ1v) is 13.7. The van der Waals surface area contributed by atoms with Crippen molar-refractivity contribution in [1.29, 1.82) is 5.26 Å². The van der Waals surface area contributed by atoms with Gasteiger partial charge in [0.15, 0.2) is 0 Å². The van der Waals surface area contributed by atoms with E-state index >= 15 is 0 Å². The lowest BCUT2D eigenvalue weighted by molar-refractivity contribution is 0.262. The van der Waals surface area contributed by atoms with E-state index in [0.29, 0.717) is 45.2 Å². The van der Waals surface area contributed by atoms with Gasteiger partial charge in [0.05, 0.1) is 28.7 Å². The Bertz CT molecular complexity index is 1940. The molecule has 0 saturated heterocycles. The van der Waals surface area contributed by atoms with E-state index < -0.39 is 11.8 Å². The Kier molecular flexibility index (Phi) is 7.90. The summed E-state index contributed by atoms with van der Waals surface area (Å²) in [5, 5.41) is 22.6. The van der Waals surface area contributed by atoms with Crippen LogP contribution < -0.4 is 21.5 Å². The molecule has 43 heavy (non-hydrogen) atoms. The van der Waals surface area contributed by atoms with Crippen LogP contribution >= 0.6 is 0 Å². The topological polar surface area (TPSA) is 143 Å². The van der Waals surface area contributed by atoms with Crippen LogP contribution in [0.1, 0.15) is 50.9 Å².